The molecule has 0 radical (unpaired) electrons. The van der Waals surface area contributed by atoms with Crippen molar-refractivity contribution < 1.29 is 4.79 Å². The van der Waals surface area contributed by atoms with Crippen LogP contribution in [0.15, 0.2) is 18.5 Å². The number of aryl methyl sites for hydroxylation is 1. The number of carbonyl (C=O) groups is 1. The molecule has 0 amide bonds. The zero-order chi connectivity index (χ0) is 15.3. The molecule has 2 aliphatic rings. The topological polar surface area (TPSA) is 50.5 Å². The lowest BCUT2D eigenvalue weighted by Gasteiger charge is -2.46. The molecule has 2 aromatic rings. The van der Waals surface area contributed by atoms with Crippen molar-refractivity contribution in [3.05, 3.63) is 29.7 Å². The molecule has 4 heterocycles. The van der Waals surface area contributed by atoms with E-state index in [0.717, 1.165) is 24.2 Å². The lowest BCUT2D eigenvalue weighted by molar-refractivity contribution is 0.0338. The van der Waals surface area contributed by atoms with Gasteiger partial charge in [0, 0.05) is 36.5 Å². The first kappa shape index (κ1) is 13.9. The normalized spacial score (nSPS) is 28.9. The van der Waals surface area contributed by atoms with Crippen LogP contribution >= 0.6 is 0 Å². The van der Waals surface area contributed by atoms with Gasteiger partial charge in [0.15, 0.2) is 11.4 Å². The van der Waals surface area contributed by atoms with Gasteiger partial charge >= 0.3 is 0 Å². The van der Waals surface area contributed by atoms with Crippen LogP contribution < -0.4 is 0 Å². The summed E-state index contributed by atoms with van der Waals surface area (Å²) in [7, 11) is 2.22. The number of nitrogens with zero attached hydrogens (tertiary/aromatic N) is 4. The summed E-state index contributed by atoms with van der Waals surface area (Å²) in [4.78, 5) is 19.8. The third kappa shape index (κ3) is 2.24. The van der Waals surface area contributed by atoms with Crippen LogP contribution in [0, 0.1) is 12.8 Å². The molecule has 2 bridgehead atoms. The van der Waals surface area contributed by atoms with Crippen LogP contribution in [0.4, 0.5) is 0 Å². The Labute approximate surface area is 130 Å². The summed E-state index contributed by atoms with van der Waals surface area (Å²) in [5.74, 6) is 0.384. The molecular formula is C17H22N4O. The minimum Gasteiger partial charge on any atom is -0.300 e. The molecule has 0 saturated carbocycles. The molecule has 4 rings (SSSR count). The number of ketones is 1. The highest BCUT2D eigenvalue weighted by atomic mass is 16.1. The van der Waals surface area contributed by atoms with Crippen LogP contribution in [0.1, 0.15) is 48.2 Å². The predicted molar refractivity (Wildman–Crippen MR) is 84.0 cm³/mol. The molecule has 5 nitrogen and oxygen atoms in total. The Kier molecular flexibility index (Phi) is 3.26. The number of fused-ring (bicyclic) bond motifs is 3. The Morgan fingerprint density at radius 1 is 1.27 bits per heavy atom. The summed E-state index contributed by atoms with van der Waals surface area (Å²) in [5.41, 5.74) is 2.42. The lowest BCUT2D eigenvalue weighted by Crippen LogP contribution is -2.51. The number of piperidine rings is 2. The molecule has 2 saturated heterocycles. The van der Waals surface area contributed by atoms with Crippen molar-refractivity contribution in [2.45, 2.75) is 51.1 Å². The van der Waals surface area contributed by atoms with Crippen LogP contribution in [0.3, 0.4) is 0 Å². The van der Waals surface area contributed by atoms with Gasteiger partial charge in [-0.15, -0.1) is 0 Å². The van der Waals surface area contributed by atoms with E-state index < -0.39 is 0 Å². The zero-order valence-electron chi connectivity index (χ0n) is 13.2. The molecule has 0 spiro atoms. The maximum atomic E-state index is 12.9. The average molecular weight is 298 g/mol. The average Bonchev–Trinajstić information content (AvgIpc) is 2.85. The number of rotatable bonds is 2. The van der Waals surface area contributed by atoms with Gasteiger partial charge in [-0.05, 0) is 39.7 Å². The Morgan fingerprint density at radius 2 is 2.00 bits per heavy atom. The van der Waals surface area contributed by atoms with Crippen molar-refractivity contribution in [1.29, 1.82) is 0 Å². The highest BCUT2D eigenvalue weighted by Gasteiger charge is 2.38. The molecule has 0 aromatic carbocycles. The molecule has 2 atom stereocenters. The Morgan fingerprint density at radius 3 is 2.73 bits per heavy atom. The molecule has 22 heavy (non-hydrogen) atoms. The monoisotopic (exact) mass is 298 g/mol. The van der Waals surface area contributed by atoms with Crippen LogP contribution in [0.5, 0.6) is 0 Å². The fraction of sp³-hybridized carbons (Fsp3) is 0.588. The minimum absolute atomic E-state index is 0.141. The summed E-state index contributed by atoms with van der Waals surface area (Å²) in [5, 5.41) is 4.36. The van der Waals surface area contributed by atoms with Gasteiger partial charge in [0.25, 0.3) is 0 Å². The number of hydrogen-bond donors (Lipinski definition) is 0. The van der Waals surface area contributed by atoms with Crippen LogP contribution in [-0.2, 0) is 0 Å². The van der Waals surface area contributed by atoms with Gasteiger partial charge in [0.1, 0.15) is 0 Å². The highest BCUT2D eigenvalue weighted by molar-refractivity contribution is 5.97. The summed E-state index contributed by atoms with van der Waals surface area (Å²) in [6.07, 6.45) is 9.29. The van der Waals surface area contributed by atoms with Gasteiger partial charge in [-0.25, -0.2) is 9.50 Å². The maximum absolute atomic E-state index is 12.9. The van der Waals surface area contributed by atoms with Crippen LogP contribution in [0.25, 0.3) is 5.65 Å². The van der Waals surface area contributed by atoms with Crippen molar-refractivity contribution in [3.8, 4) is 0 Å². The van der Waals surface area contributed by atoms with Crippen molar-refractivity contribution in [1.82, 2.24) is 19.5 Å². The Hall–Kier alpha value is -1.75. The number of Topliss-reactive ketones (excluding diaryl/α,β-unsaturated/α-hetero) is 1. The molecular weight excluding hydrogens is 276 g/mol. The van der Waals surface area contributed by atoms with Crippen molar-refractivity contribution >= 4 is 11.4 Å². The number of hydrogen-bond acceptors (Lipinski definition) is 4. The Balaban J connectivity index is 1.60. The predicted octanol–water partition coefficient (Wildman–Crippen LogP) is 2.48. The first-order valence-corrected chi connectivity index (χ1v) is 8.20. The van der Waals surface area contributed by atoms with Gasteiger partial charge in [-0.1, -0.05) is 6.42 Å². The SMILES string of the molecule is Cc1cc2ncc(C(=O)C3CC4CCCC(C3)N4C)cn2n1. The van der Waals surface area contributed by atoms with Crippen molar-refractivity contribution in [2.24, 2.45) is 5.92 Å². The van der Waals surface area contributed by atoms with Crippen molar-refractivity contribution in [2.75, 3.05) is 7.05 Å². The van der Waals surface area contributed by atoms with Crippen LogP contribution in [0.2, 0.25) is 0 Å². The summed E-state index contributed by atoms with van der Waals surface area (Å²) < 4.78 is 1.72. The fourth-order valence-corrected chi connectivity index (χ4v) is 4.19. The molecule has 2 fully saturated rings. The molecule has 0 aliphatic carbocycles. The second-order valence-electron chi connectivity index (χ2n) is 6.87. The summed E-state index contributed by atoms with van der Waals surface area (Å²) in [6.45, 7) is 1.94. The second kappa shape index (κ2) is 5.16. The summed E-state index contributed by atoms with van der Waals surface area (Å²) in [6, 6.07) is 3.07. The lowest BCUT2D eigenvalue weighted by atomic mass is 9.76. The molecule has 0 N–H and O–H groups in total. The number of carbonyl (C=O) groups excluding carboxylic acids is 1. The number of aromatic nitrogens is 3. The molecule has 2 aliphatic heterocycles. The van der Waals surface area contributed by atoms with Gasteiger partial charge in [0.2, 0.25) is 0 Å². The second-order valence-corrected chi connectivity index (χ2v) is 6.87. The third-order valence-corrected chi connectivity index (χ3v) is 5.43. The van der Waals surface area contributed by atoms with E-state index in [9.17, 15) is 4.79 Å². The van der Waals surface area contributed by atoms with E-state index in [1.807, 2.05) is 19.2 Å². The van der Waals surface area contributed by atoms with E-state index in [1.54, 1.807) is 10.7 Å². The van der Waals surface area contributed by atoms with Gasteiger partial charge in [-0.2, -0.15) is 5.10 Å². The minimum atomic E-state index is 0.141. The zero-order valence-corrected chi connectivity index (χ0v) is 13.2. The quantitative estimate of drug-likeness (QED) is 0.799. The van der Waals surface area contributed by atoms with E-state index in [0.29, 0.717) is 17.6 Å². The standard InChI is InChI=1S/C17H22N4O/c1-11-6-16-18-9-13(10-21(16)19-11)17(22)12-7-14-4-3-5-15(8-12)20(14)2/h6,9-10,12,14-15H,3-5,7-8H2,1-2H3. The summed E-state index contributed by atoms with van der Waals surface area (Å²) >= 11 is 0. The van der Waals surface area contributed by atoms with Gasteiger partial charge < -0.3 is 4.90 Å². The van der Waals surface area contributed by atoms with E-state index >= 15 is 0 Å². The third-order valence-electron chi connectivity index (χ3n) is 5.43. The van der Waals surface area contributed by atoms with Gasteiger partial charge in [-0.3, -0.25) is 4.79 Å². The molecule has 116 valence electrons. The van der Waals surface area contributed by atoms with E-state index in [2.05, 4.69) is 22.0 Å². The largest absolute Gasteiger partial charge is 0.300 e. The van der Waals surface area contributed by atoms with Crippen LogP contribution in [-0.4, -0.2) is 44.4 Å². The first-order valence-electron chi connectivity index (χ1n) is 8.20. The van der Waals surface area contributed by atoms with Crippen molar-refractivity contribution in [3.63, 3.8) is 0 Å². The van der Waals surface area contributed by atoms with Gasteiger partial charge in [0.05, 0.1) is 11.3 Å². The first-order chi connectivity index (χ1) is 10.6. The molecule has 5 heteroatoms. The molecule has 2 aromatic heterocycles. The Bertz CT molecular complexity index is 709. The smallest absolute Gasteiger partial charge is 0.169 e. The fourth-order valence-electron chi connectivity index (χ4n) is 4.19. The molecule has 2 unspecified atom stereocenters. The van der Waals surface area contributed by atoms with E-state index in [4.69, 9.17) is 0 Å². The van der Waals surface area contributed by atoms with E-state index in [1.165, 1.54) is 19.3 Å². The maximum Gasteiger partial charge on any atom is 0.169 e. The van der Waals surface area contributed by atoms with E-state index in [-0.39, 0.29) is 11.7 Å². The highest BCUT2D eigenvalue weighted by Crippen LogP contribution is 2.37.